The molecule has 1 saturated heterocycles. The van der Waals surface area contributed by atoms with Crippen molar-refractivity contribution < 1.29 is 17.9 Å². The van der Waals surface area contributed by atoms with E-state index < -0.39 is 14.3 Å². The average molecular weight is 304 g/mol. The molecule has 1 unspecified atom stereocenters. The van der Waals surface area contributed by atoms with Crippen LogP contribution in [0, 0.1) is 0 Å². The lowest BCUT2D eigenvalue weighted by Crippen LogP contribution is -2.26. The normalized spacial score (nSPS) is 19.8. The second-order valence-corrected chi connectivity index (χ2v) is 7.14. The van der Waals surface area contributed by atoms with Crippen LogP contribution in [-0.2, 0) is 13.8 Å². The Labute approximate surface area is 116 Å². The van der Waals surface area contributed by atoms with Gasteiger partial charge in [0.05, 0.1) is 6.61 Å². The van der Waals surface area contributed by atoms with Gasteiger partial charge in [-0.25, -0.2) is 8.42 Å². The van der Waals surface area contributed by atoms with E-state index in [2.05, 4.69) is 0 Å². The maximum Gasteiger partial charge on any atom is 0.237 e. The first kappa shape index (κ1) is 14.1. The summed E-state index contributed by atoms with van der Waals surface area (Å²) in [5.74, 6) is 0.396. The standard InChI is InChI=1S/C12H14ClNO4S/c1-2-18-10-5-3-4-9(6-10)14-8-11(7-12(14)15)19(13,16)17/h3-6,11H,2,7-8H2,1H3. The minimum absolute atomic E-state index is 0.0787. The number of carbonyl (C=O) groups excluding carboxylic acids is 1. The van der Waals surface area contributed by atoms with Crippen LogP contribution in [0.1, 0.15) is 13.3 Å². The molecule has 0 spiro atoms. The monoisotopic (exact) mass is 303 g/mol. The molecule has 0 aromatic heterocycles. The molecule has 1 heterocycles. The zero-order valence-electron chi connectivity index (χ0n) is 10.4. The van der Waals surface area contributed by atoms with Gasteiger partial charge < -0.3 is 9.64 Å². The molecule has 1 aromatic carbocycles. The van der Waals surface area contributed by atoms with Crippen LogP contribution in [0.4, 0.5) is 5.69 Å². The minimum Gasteiger partial charge on any atom is -0.494 e. The van der Waals surface area contributed by atoms with E-state index in [1.165, 1.54) is 4.90 Å². The second kappa shape index (κ2) is 5.38. The highest BCUT2D eigenvalue weighted by Gasteiger charge is 2.38. The van der Waals surface area contributed by atoms with Crippen LogP contribution in [0.3, 0.4) is 0 Å². The van der Waals surface area contributed by atoms with Crippen LogP contribution in [0.15, 0.2) is 24.3 Å². The van der Waals surface area contributed by atoms with Gasteiger partial charge in [-0.2, -0.15) is 0 Å². The third kappa shape index (κ3) is 3.19. The third-order valence-corrected chi connectivity index (χ3v) is 4.80. The number of ether oxygens (including phenoxy) is 1. The molecule has 1 aliphatic rings. The summed E-state index contributed by atoms with van der Waals surface area (Å²) < 4.78 is 27.9. The first-order chi connectivity index (χ1) is 8.91. The Bertz CT molecular complexity index is 587. The van der Waals surface area contributed by atoms with Crippen molar-refractivity contribution in [1.29, 1.82) is 0 Å². The predicted molar refractivity (Wildman–Crippen MR) is 73.1 cm³/mol. The predicted octanol–water partition coefficient (Wildman–Crippen LogP) is 1.76. The summed E-state index contributed by atoms with van der Waals surface area (Å²) in [6.07, 6.45) is -0.0787. The molecule has 0 saturated carbocycles. The number of benzene rings is 1. The van der Waals surface area contributed by atoms with Gasteiger partial charge in [-0.3, -0.25) is 4.79 Å². The van der Waals surface area contributed by atoms with Crippen molar-refractivity contribution in [3.05, 3.63) is 24.3 Å². The lowest BCUT2D eigenvalue weighted by Gasteiger charge is -2.17. The van der Waals surface area contributed by atoms with Crippen LogP contribution < -0.4 is 9.64 Å². The van der Waals surface area contributed by atoms with Crippen molar-refractivity contribution in [3.63, 3.8) is 0 Å². The van der Waals surface area contributed by atoms with E-state index in [-0.39, 0.29) is 18.9 Å². The lowest BCUT2D eigenvalue weighted by atomic mass is 10.3. The van der Waals surface area contributed by atoms with Crippen molar-refractivity contribution in [3.8, 4) is 5.75 Å². The zero-order valence-corrected chi connectivity index (χ0v) is 11.9. The van der Waals surface area contributed by atoms with Crippen LogP contribution >= 0.6 is 10.7 Å². The molecule has 1 fully saturated rings. The Kier molecular flexibility index (Phi) is 4.01. The van der Waals surface area contributed by atoms with E-state index in [1.54, 1.807) is 24.3 Å². The van der Waals surface area contributed by atoms with Gasteiger partial charge in [0.15, 0.2) is 0 Å². The highest BCUT2D eigenvalue weighted by atomic mass is 35.7. The molecule has 1 atom stereocenters. The van der Waals surface area contributed by atoms with E-state index in [1.807, 2.05) is 6.92 Å². The average Bonchev–Trinajstić information content (AvgIpc) is 2.72. The Balaban J connectivity index is 2.23. The number of rotatable bonds is 4. The van der Waals surface area contributed by atoms with Crippen molar-refractivity contribution in [2.45, 2.75) is 18.6 Å². The Morgan fingerprint density at radius 2 is 2.21 bits per heavy atom. The molecule has 0 bridgehead atoms. The maximum atomic E-state index is 11.9. The van der Waals surface area contributed by atoms with Crippen LogP contribution in [-0.4, -0.2) is 32.7 Å². The third-order valence-electron chi connectivity index (χ3n) is 2.93. The van der Waals surface area contributed by atoms with Gasteiger partial charge in [-0.05, 0) is 19.1 Å². The molecule has 2 rings (SSSR count). The van der Waals surface area contributed by atoms with E-state index in [0.717, 1.165) is 0 Å². The molecule has 5 nitrogen and oxygen atoms in total. The fourth-order valence-corrected chi connectivity index (χ4v) is 3.05. The number of nitrogens with zero attached hydrogens (tertiary/aromatic N) is 1. The maximum absolute atomic E-state index is 11.9. The Morgan fingerprint density at radius 1 is 1.47 bits per heavy atom. The fourth-order valence-electron chi connectivity index (χ4n) is 2.02. The van der Waals surface area contributed by atoms with E-state index in [4.69, 9.17) is 15.4 Å². The molecular weight excluding hydrogens is 290 g/mol. The van der Waals surface area contributed by atoms with Gasteiger partial charge in [0.1, 0.15) is 11.0 Å². The highest BCUT2D eigenvalue weighted by Crippen LogP contribution is 2.28. The first-order valence-electron chi connectivity index (χ1n) is 5.88. The number of hydrogen-bond acceptors (Lipinski definition) is 4. The molecule has 0 radical (unpaired) electrons. The van der Waals surface area contributed by atoms with Gasteiger partial charge in [0, 0.05) is 35.4 Å². The molecule has 0 N–H and O–H groups in total. The summed E-state index contributed by atoms with van der Waals surface area (Å²) in [4.78, 5) is 13.3. The lowest BCUT2D eigenvalue weighted by molar-refractivity contribution is -0.117. The quantitative estimate of drug-likeness (QED) is 0.795. The van der Waals surface area contributed by atoms with E-state index in [0.29, 0.717) is 18.0 Å². The SMILES string of the molecule is CCOc1cccc(N2CC(S(=O)(=O)Cl)CC2=O)c1. The number of hydrogen-bond donors (Lipinski definition) is 0. The van der Waals surface area contributed by atoms with Crippen LogP contribution in [0.2, 0.25) is 0 Å². The number of amides is 1. The molecule has 1 aromatic rings. The molecule has 19 heavy (non-hydrogen) atoms. The second-order valence-electron chi connectivity index (χ2n) is 4.24. The van der Waals surface area contributed by atoms with Gasteiger partial charge in [-0.1, -0.05) is 6.07 Å². The molecule has 1 amide bonds. The van der Waals surface area contributed by atoms with E-state index in [9.17, 15) is 13.2 Å². The molecule has 7 heteroatoms. The first-order valence-corrected chi connectivity index (χ1v) is 8.25. The van der Waals surface area contributed by atoms with Crippen molar-refractivity contribution >= 4 is 31.3 Å². The van der Waals surface area contributed by atoms with Gasteiger partial charge >= 0.3 is 0 Å². The van der Waals surface area contributed by atoms with Crippen LogP contribution in [0.25, 0.3) is 0 Å². The number of anilines is 1. The minimum atomic E-state index is -3.72. The summed E-state index contributed by atoms with van der Waals surface area (Å²) in [5.41, 5.74) is 0.624. The summed E-state index contributed by atoms with van der Waals surface area (Å²) in [6.45, 7) is 2.47. The zero-order chi connectivity index (χ0) is 14.0. The van der Waals surface area contributed by atoms with Crippen LogP contribution in [0.5, 0.6) is 5.75 Å². The molecular formula is C12H14ClNO4S. The van der Waals surface area contributed by atoms with Crippen molar-refractivity contribution in [2.24, 2.45) is 0 Å². The van der Waals surface area contributed by atoms with Gasteiger partial charge in [-0.15, -0.1) is 0 Å². The molecule has 104 valence electrons. The van der Waals surface area contributed by atoms with Gasteiger partial charge in [0.2, 0.25) is 15.0 Å². The Hall–Kier alpha value is -1.27. The van der Waals surface area contributed by atoms with E-state index >= 15 is 0 Å². The molecule has 0 aliphatic carbocycles. The van der Waals surface area contributed by atoms with Gasteiger partial charge in [0.25, 0.3) is 0 Å². The molecule has 1 aliphatic heterocycles. The van der Waals surface area contributed by atoms with Crippen molar-refractivity contribution in [1.82, 2.24) is 0 Å². The summed E-state index contributed by atoms with van der Waals surface area (Å²) in [5, 5.41) is -0.850. The van der Waals surface area contributed by atoms with Crippen molar-refractivity contribution in [2.75, 3.05) is 18.1 Å². The fraction of sp³-hybridized carbons (Fsp3) is 0.417. The Morgan fingerprint density at radius 3 is 2.79 bits per heavy atom. The summed E-state index contributed by atoms with van der Waals surface area (Å²) in [6, 6.07) is 6.99. The smallest absolute Gasteiger partial charge is 0.237 e. The highest BCUT2D eigenvalue weighted by molar-refractivity contribution is 8.14. The number of halogens is 1. The largest absolute Gasteiger partial charge is 0.494 e. The summed E-state index contributed by atoms with van der Waals surface area (Å²) >= 11 is 0. The summed E-state index contributed by atoms with van der Waals surface area (Å²) in [7, 11) is 1.59. The topological polar surface area (TPSA) is 63.7 Å². The number of carbonyl (C=O) groups is 1.